The fraction of sp³-hybridized carbons (Fsp3) is 0.440. The number of hydrogen-bond donors (Lipinski definition) is 1. The van der Waals surface area contributed by atoms with Gasteiger partial charge in [-0.15, -0.1) is 0 Å². The number of ether oxygens (including phenoxy) is 1. The lowest BCUT2D eigenvalue weighted by atomic mass is 10.0. The molecule has 0 aliphatic heterocycles. The maximum Gasteiger partial charge on any atom is 0.261 e. The largest absolute Gasteiger partial charge is 0.484 e. The summed E-state index contributed by atoms with van der Waals surface area (Å²) in [5.41, 5.74) is 1.52. The van der Waals surface area contributed by atoms with E-state index in [1.165, 1.54) is 16.5 Å². The van der Waals surface area contributed by atoms with Crippen LogP contribution in [0.5, 0.6) is 5.75 Å². The summed E-state index contributed by atoms with van der Waals surface area (Å²) in [5, 5.41) is 2.89. The molecule has 1 N–H and O–H groups in total. The third kappa shape index (κ3) is 7.09. The van der Waals surface area contributed by atoms with Crippen molar-refractivity contribution in [1.82, 2.24) is 10.2 Å². The molecule has 0 saturated heterocycles. The smallest absolute Gasteiger partial charge is 0.261 e. The van der Waals surface area contributed by atoms with Crippen LogP contribution in [0.25, 0.3) is 0 Å². The van der Waals surface area contributed by atoms with Crippen molar-refractivity contribution in [2.24, 2.45) is 0 Å². The molecule has 0 spiro atoms. The molecule has 2 atom stereocenters. The summed E-state index contributed by atoms with van der Waals surface area (Å²) in [7, 11) is 0. The molecule has 0 fully saturated rings. The fourth-order valence-corrected chi connectivity index (χ4v) is 3.04. The first-order valence-electron chi connectivity index (χ1n) is 10.8. The van der Waals surface area contributed by atoms with Gasteiger partial charge in [-0.05, 0) is 49.9 Å². The molecule has 6 heteroatoms. The number of nitrogens with one attached hydrogen (secondary N) is 1. The zero-order chi connectivity index (χ0) is 23.0. The summed E-state index contributed by atoms with van der Waals surface area (Å²) in [4.78, 5) is 27.0. The zero-order valence-electron chi connectivity index (χ0n) is 19.0. The highest BCUT2D eigenvalue weighted by Gasteiger charge is 2.27. The molecule has 2 aromatic carbocycles. The molecular weight excluding hydrogens is 395 g/mol. The Morgan fingerprint density at radius 2 is 1.68 bits per heavy atom. The molecule has 2 rings (SSSR count). The molecule has 0 heterocycles. The highest BCUT2D eigenvalue weighted by Crippen LogP contribution is 2.19. The van der Waals surface area contributed by atoms with Crippen LogP contribution in [0.1, 0.15) is 58.1 Å². The summed E-state index contributed by atoms with van der Waals surface area (Å²) >= 11 is 0. The van der Waals surface area contributed by atoms with E-state index < -0.39 is 11.9 Å². The number of nitrogens with zero attached hydrogens (tertiary/aromatic N) is 1. The van der Waals surface area contributed by atoms with Crippen LogP contribution in [0.4, 0.5) is 4.39 Å². The summed E-state index contributed by atoms with van der Waals surface area (Å²) in [6.45, 7) is 9.46. The molecule has 31 heavy (non-hydrogen) atoms. The monoisotopic (exact) mass is 428 g/mol. The Balaban J connectivity index is 2.14. The summed E-state index contributed by atoms with van der Waals surface area (Å²) in [6.07, 6.45) is 0.773. The van der Waals surface area contributed by atoms with Gasteiger partial charge in [-0.3, -0.25) is 9.59 Å². The van der Waals surface area contributed by atoms with Gasteiger partial charge in [0.1, 0.15) is 17.6 Å². The Morgan fingerprint density at radius 1 is 1.03 bits per heavy atom. The van der Waals surface area contributed by atoms with Crippen LogP contribution in [0.15, 0.2) is 48.5 Å². The van der Waals surface area contributed by atoms with Crippen molar-refractivity contribution in [1.29, 1.82) is 0 Å². The minimum absolute atomic E-state index is 0.0175. The fourth-order valence-electron chi connectivity index (χ4n) is 3.04. The third-order valence-electron chi connectivity index (χ3n) is 5.38. The van der Waals surface area contributed by atoms with Gasteiger partial charge in [-0.1, -0.05) is 51.1 Å². The summed E-state index contributed by atoms with van der Waals surface area (Å²) < 4.78 is 19.9. The SMILES string of the molecule is CC[C@H](C)NC(=O)[C@@H](C)N(Cc1ccccc1F)C(=O)COc1ccc(C(C)C)cc1. The average molecular weight is 429 g/mol. The lowest BCUT2D eigenvalue weighted by Gasteiger charge is -2.29. The number of benzene rings is 2. The van der Waals surface area contributed by atoms with E-state index in [9.17, 15) is 14.0 Å². The van der Waals surface area contributed by atoms with Gasteiger partial charge < -0.3 is 15.0 Å². The predicted octanol–water partition coefficient (Wildman–Crippen LogP) is 4.66. The van der Waals surface area contributed by atoms with E-state index in [0.717, 1.165) is 6.42 Å². The summed E-state index contributed by atoms with van der Waals surface area (Å²) in [6, 6.07) is 13.0. The second-order valence-electron chi connectivity index (χ2n) is 8.12. The Hall–Kier alpha value is -2.89. The first kappa shape index (κ1) is 24.4. The van der Waals surface area contributed by atoms with E-state index in [4.69, 9.17) is 4.74 Å². The third-order valence-corrected chi connectivity index (χ3v) is 5.38. The van der Waals surface area contributed by atoms with E-state index in [-0.39, 0.29) is 31.0 Å². The van der Waals surface area contributed by atoms with Crippen molar-refractivity contribution in [2.75, 3.05) is 6.61 Å². The van der Waals surface area contributed by atoms with Crippen molar-refractivity contribution in [3.63, 3.8) is 0 Å². The molecule has 0 bridgehead atoms. The van der Waals surface area contributed by atoms with Crippen molar-refractivity contribution in [2.45, 2.75) is 65.6 Å². The van der Waals surface area contributed by atoms with Gasteiger partial charge >= 0.3 is 0 Å². The molecule has 2 aromatic rings. The first-order valence-corrected chi connectivity index (χ1v) is 10.8. The number of carbonyl (C=O) groups is 2. The highest BCUT2D eigenvalue weighted by atomic mass is 19.1. The second kappa shape index (κ2) is 11.5. The first-order chi connectivity index (χ1) is 14.7. The standard InChI is InChI=1S/C25H33FN2O3/c1-6-18(4)27-25(30)19(5)28(15-21-9-7-8-10-23(21)26)24(29)16-31-22-13-11-20(12-14-22)17(2)3/h7-14,17-19H,6,15-16H2,1-5H3,(H,27,30)/t18-,19+/m0/s1. The molecular formula is C25H33FN2O3. The molecule has 5 nitrogen and oxygen atoms in total. The van der Waals surface area contributed by atoms with Gasteiger partial charge in [0.15, 0.2) is 6.61 Å². The van der Waals surface area contributed by atoms with Crippen molar-refractivity contribution < 1.29 is 18.7 Å². The Kier molecular flexibility index (Phi) is 9.03. The van der Waals surface area contributed by atoms with Crippen molar-refractivity contribution in [3.05, 3.63) is 65.5 Å². The lowest BCUT2D eigenvalue weighted by molar-refractivity contribution is -0.142. The van der Waals surface area contributed by atoms with Gasteiger partial charge in [-0.25, -0.2) is 4.39 Å². The number of halogens is 1. The van der Waals surface area contributed by atoms with Gasteiger partial charge in [0.05, 0.1) is 0 Å². The Morgan fingerprint density at radius 3 is 2.26 bits per heavy atom. The molecule has 0 aliphatic carbocycles. The number of amides is 2. The number of carbonyl (C=O) groups excluding carboxylic acids is 2. The van der Waals surface area contributed by atoms with Gasteiger partial charge in [0.25, 0.3) is 5.91 Å². The molecule has 0 aromatic heterocycles. The van der Waals surface area contributed by atoms with E-state index in [2.05, 4.69) is 19.2 Å². The van der Waals surface area contributed by atoms with Crippen LogP contribution in [-0.2, 0) is 16.1 Å². The van der Waals surface area contributed by atoms with Crippen LogP contribution in [-0.4, -0.2) is 35.4 Å². The van der Waals surface area contributed by atoms with E-state index in [0.29, 0.717) is 17.2 Å². The minimum Gasteiger partial charge on any atom is -0.484 e. The molecule has 168 valence electrons. The molecule has 2 amide bonds. The van der Waals surface area contributed by atoms with Crippen LogP contribution < -0.4 is 10.1 Å². The van der Waals surface area contributed by atoms with Gasteiger partial charge in [0.2, 0.25) is 5.91 Å². The average Bonchev–Trinajstić information content (AvgIpc) is 2.76. The van der Waals surface area contributed by atoms with Crippen LogP contribution in [0, 0.1) is 5.82 Å². The minimum atomic E-state index is -0.770. The topological polar surface area (TPSA) is 58.6 Å². The number of rotatable bonds is 10. The highest BCUT2D eigenvalue weighted by molar-refractivity contribution is 5.88. The Bertz CT molecular complexity index is 867. The van der Waals surface area contributed by atoms with E-state index in [1.807, 2.05) is 38.1 Å². The normalized spacial score (nSPS) is 12.9. The molecule has 0 saturated carbocycles. The lowest BCUT2D eigenvalue weighted by Crippen LogP contribution is -2.50. The van der Waals surface area contributed by atoms with E-state index in [1.54, 1.807) is 25.1 Å². The zero-order valence-corrected chi connectivity index (χ0v) is 19.0. The second-order valence-corrected chi connectivity index (χ2v) is 8.12. The molecule has 0 radical (unpaired) electrons. The van der Waals surface area contributed by atoms with Crippen LogP contribution in [0.3, 0.4) is 0 Å². The van der Waals surface area contributed by atoms with Crippen molar-refractivity contribution in [3.8, 4) is 5.75 Å². The van der Waals surface area contributed by atoms with E-state index >= 15 is 0 Å². The van der Waals surface area contributed by atoms with Gasteiger partial charge in [0, 0.05) is 18.2 Å². The number of hydrogen-bond acceptors (Lipinski definition) is 3. The quantitative estimate of drug-likeness (QED) is 0.599. The molecule has 0 unspecified atom stereocenters. The predicted molar refractivity (Wildman–Crippen MR) is 120 cm³/mol. The van der Waals surface area contributed by atoms with Gasteiger partial charge in [-0.2, -0.15) is 0 Å². The van der Waals surface area contributed by atoms with Crippen LogP contribution >= 0.6 is 0 Å². The van der Waals surface area contributed by atoms with Crippen molar-refractivity contribution >= 4 is 11.8 Å². The molecule has 0 aliphatic rings. The maximum atomic E-state index is 14.2. The maximum absolute atomic E-state index is 14.2. The summed E-state index contributed by atoms with van der Waals surface area (Å²) in [5.74, 6) is -0.111. The Labute approximate surface area is 184 Å². The van der Waals surface area contributed by atoms with Crippen LogP contribution in [0.2, 0.25) is 0 Å².